The minimum atomic E-state index is -3.75. The van der Waals surface area contributed by atoms with Crippen LogP contribution in [0.5, 0.6) is 0 Å². The Morgan fingerprint density at radius 1 is 1.32 bits per heavy atom. The van der Waals surface area contributed by atoms with E-state index < -0.39 is 15.9 Å². The number of sulfonamides is 1. The van der Waals surface area contributed by atoms with E-state index in [1.54, 1.807) is 4.90 Å². The largest absolute Gasteiger partial charge is 0.339 e. The molecule has 0 aliphatic carbocycles. The third-order valence-electron chi connectivity index (χ3n) is 3.60. The standard InChI is InChI=1S/C14H19N3O4S/c1-9(2)17-8-10(7-13(17)18)14(19)16-11-3-5-12(6-4-11)22(15,20)21/h3-6,9-10H,7-8H2,1-2H3,(H,16,19)(H2,15,20,21)/t10-/m1/s1. The van der Waals surface area contributed by atoms with Crippen molar-refractivity contribution in [2.24, 2.45) is 11.1 Å². The Morgan fingerprint density at radius 3 is 2.36 bits per heavy atom. The zero-order chi connectivity index (χ0) is 16.5. The van der Waals surface area contributed by atoms with Crippen molar-refractivity contribution in [1.29, 1.82) is 0 Å². The summed E-state index contributed by atoms with van der Waals surface area (Å²) >= 11 is 0. The number of nitrogens with zero attached hydrogens (tertiary/aromatic N) is 1. The number of likely N-dealkylation sites (tertiary alicyclic amines) is 1. The number of amides is 2. The summed E-state index contributed by atoms with van der Waals surface area (Å²) in [4.78, 5) is 25.6. The van der Waals surface area contributed by atoms with Crippen LogP contribution in [-0.4, -0.2) is 37.7 Å². The van der Waals surface area contributed by atoms with E-state index in [-0.39, 0.29) is 29.2 Å². The molecule has 1 atom stereocenters. The highest BCUT2D eigenvalue weighted by molar-refractivity contribution is 7.89. The fourth-order valence-corrected chi connectivity index (χ4v) is 2.89. The van der Waals surface area contributed by atoms with Gasteiger partial charge in [0.25, 0.3) is 0 Å². The highest BCUT2D eigenvalue weighted by Gasteiger charge is 2.35. The maximum absolute atomic E-state index is 12.2. The van der Waals surface area contributed by atoms with Gasteiger partial charge < -0.3 is 10.2 Å². The molecule has 0 saturated carbocycles. The highest BCUT2D eigenvalue weighted by Crippen LogP contribution is 2.22. The first-order valence-electron chi connectivity index (χ1n) is 6.91. The number of nitrogens with two attached hydrogens (primary N) is 1. The molecular weight excluding hydrogens is 306 g/mol. The van der Waals surface area contributed by atoms with Crippen molar-refractivity contribution in [2.75, 3.05) is 11.9 Å². The molecule has 0 spiro atoms. The molecule has 1 aliphatic rings. The number of hydrogen-bond acceptors (Lipinski definition) is 4. The van der Waals surface area contributed by atoms with Crippen LogP contribution in [0.25, 0.3) is 0 Å². The van der Waals surface area contributed by atoms with Crippen LogP contribution in [0.15, 0.2) is 29.2 Å². The summed E-state index contributed by atoms with van der Waals surface area (Å²) in [5.74, 6) is -0.674. The van der Waals surface area contributed by atoms with Crippen molar-refractivity contribution in [3.63, 3.8) is 0 Å². The van der Waals surface area contributed by atoms with Gasteiger partial charge in [0, 0.05) is 24.7 Å². The molecule has 1 saturated heterocycles. The van der Waals surface area contributed by atoms with Gasteiger partial charge in [-0.05, 0) is 38.1 Å². The number of carbonyl (C=O) groups is 2. The van der Waals surface area contributed by atoms with E-state index in [4.69, 9.17) is 5.14 Å². The predicted molar refractivity (Wildman–Crippen MR) is 81.4 cm³/mol. The van der Waals surface area contributed by atoms with Gasteiger partial charge in [0.15, 0.2) is 0 Å². The normalized spacial score (nSPS) is 18.8. The first kappa shape index (κ1) is 16.4. The summed E-state index contributed by atoms with van der Waals surface area (Å²) < 4.78 is 22.3. The molecule has 1 fully saturated rings. The monoisotopic (exact) mass is 325 g/mol. The summed E-state index contributed by atoms with van der Waals surface area (Å²) in [6.45, 7) is 4.21. The van der Waals surface area contributed by atoms with E-state index in [0.717, 1.165) is 0 Å². The smallest absolute Gasteiger partial charge is 0.238 e. The molecule has 120 valence electrons. The molecule has 0 aromatic heterocycles. The quantitative estimate of drug-likeness (QED) is 0.841. The lowest BCUT2D eigenvalue weighted by Gasteiger charge is -2.20. The number of anilines is 1. The third kappa shape index (κ3) is 3.63. The lowest BCUT2D eigenvalue weighted by Crippen LogP contribution is -2.33. The van der Waals surface area contributed by atoms with Crippen LogP contribution in [0.2, 0.25) is 0 Å². The molecule has 8 heteroatoms. The van der Waals surface area contributed by atoms with Crippen LogP contribution in [-0.2, 0) is 19.6 Å². The van der Waals surface area contributed by atoms with Gasteiger partial charge in [0.05, 0.1) is 10.8 Å². The molecule has 1 heterocycles. The van der Waals surface area contributed by atoms with Gasteiger partial charge in [-0.1, -0.05) is 0 Å². The Hall–Kier alpha value is -1.93. The molecule has 2 amide bonds. The molecule has 22 heavy (non-hydrogen) atoms. The second kappa shape index (κ2) is 6.05. The van der Waals surface area contributed by atoms with Crippen molar-refractivity contribution in [3.05, 3.63) is 24.3 Å². The fraction of sp³-hybridized carbons (Fsp3) is 0.429. The minimum absolute atomic E-state index is 0.0208. The van der Waals surface area contributed by atoms with Crippen LogP contribution >= 0.6 is 0 Å². The van der Waals surface area contributed by atoms with E-state index in [0.29, 0.717) is 12.2 Å². The molecule has 1 aliphatic heterocycles. The second-order valence-corrected chi connectivity index (χ2v) is 7.16. The van der Waals surface area contributed by atoms with E-state index in [1.807, 2.05) is 13.8 Å². The molecule has 3 N–H and O–H groups in total. The molecule has 1 aromatic rings. The third-order valence-corrected chi connectivity index (χ3v) is 4.53. The van der Waals surface area contributed by atoms with Gasteiger partial charge >= 0.3 is 0 Å². The first-order valence-corrected chi connectivity index (χ1v) is 8.46. The van der Waals surface area contributed by atoms with Gasteiger partial charge in [-0.15, -0.1) is 0 Å². The summed E-state index contributed by atoms with van der Waals surface area (Å²) in [6.07, 6.45) is 0.194. The summed E-state index contributed by atoms with van der Waals surface area (Å²) in [7, 11) is -3.75. The van der Waals surface area contributed by atoms with Gasteiger partial charge in [-0.3, -0.25) is 9.59 Å². The molecule has 0 bridgehead atoms. The van der Waals surface area contributed by atoms with Crippen LogP contribution in [0.3, 0.4) is 0 Å². The van der Waals surface area contributed by atoms with E-state index >= 15 is 0 Å². The Kier molecular flexibility index (Phi) is 4.52. The average Bonchev–Trinajstić information content (AvgIpc) is 2.80. The number of nitrogens with one attached hydrogen (secondary N) is 1. The van der Waals surface area contributed by atoms with Crippen molar-refractivity contribution in [1.82, 2.24) is 4.90 Å². The average molecular weight is 325 g/mol. The number of rotatable bonds is 4. The molecule has 7 nitrogen and oxygen atoms in total. The van der Waals surface area contributed by atoms with Gasteiger partial charge in [-0.2, -0.15) is 0 Å². The molecule has 0 radical (unpaired) electrons. The summed E-state index contributed by atoms with van der Waals surface area (Å²) in [5, 5.41) is 7.70. The number of hydrogen-bond donors (Lipinski definition) is 2. The van der Waals surface area contributed by atoms with Crippen molar-refractivity contribution < 1.29 is 18.0 Å². The van der Waals surface area contributed by atoms with E-state index in [1.165, 1.54) is 24.3 Å². The zero-order valence-corrected chi connectivity index (χ0v) is 13.3. The van der Waals surface area contributed by atoms with Crippen LogP contribution in [0, 0.1) is 5.92 Å². The molecular formula is C14H19N3O4S. The topological polar surface area (TPSA) is 110 Å². The second-order valence-electron chi connectivity index (χ2n) is 5.60. The van der Waals surface area contributed by atoms with Crippen LogP contribution in [0.1, 0.15) is 20.3 Å². The Morgan fingerprint density at radius 2 is 1.91 bits per heavy atom. The summed E-state index contributed by atoms with van der Waals surface area (Å²) in [6, 6.07) is 5.65. The Balaban J connectivity index is 2.03. The first-order chi connectivity index (χ1) is 10.2. The Bertz CT molecular complexity index is 683. The van der Waals surface area contributed by atoms with Crippen molar-refractivity contribution in [2.45, 2.75) is 31.2 Å². The molecule has 1 aromatic carbocycles. The lowest BCUT2D eigenvalue weighted by molar-refractivity contribution is -0.129. The van der Waals surface area contributed by atoms with E-state index in [2.05, 4.69) is 5.32 Å². The maximum atomic E-state index is 12.2. The number of carbonyl (C=O) groups excluding carboxylic acids is 2. The van der Waals surface area contributed by atoms with E-state index in [9.17, 15) is 18.0 Å². The number of primary sulfonamides is 1. The highest BCUT2D eigenvalue weighted by atomic mass is 32.2. The Labute approximate surface area is 129 Å². The predicted octanol–water partition coefficient (Wildman–Crippen LogP) is 0.529. The van der Waals surface area contributed by atoms with Gasteiger partial charge in [0.2, 0.25) is 21.8 Å². The van der Waals surface area contributed by atoms with Gasteiger partial charge in [0.1, 0.15) is 0 Å². The van der Waals surface area contributed by atoms with Crippen LogP contribution < -0.4 is 10.5 Å². The maximum Gasteiger partial charge on any atom is 0.238 e. The SMILES string of the molecule is CC(C)N1C[C@H](C(=O)Nc2ccc(S(N)(=O)=O)cc2)CC1=O. The van der Waals surface area contributed by atoms with Crippen molar-refractivity contribution in [3.8, 4) is 0 Å². The number of benzene rings is 1. The van der Waals surface area contributed by atoms with Crippen LogP contribution in [0.4, 0.5) is 5.69 Å². The fourth-order valence-electron chi connectivity index (χ4n) is 2.38. The summed E-state index contributed by atoms with van der Waals surface area (Å²) in [5.41, 5.74) is 0.466. The minimum Gasteiger partial charge on any atom is -0.339 e. The zero-order valence-electron chi connectivity index (χ0n) is 12.4. The van der Waals surface area contributed by atoms with Gasteiger partial charge in [-0.25, -0.2) is 13.6 Å². The molecule has 2 rings (SSSR count). The lowest BCUT2D eigenvalue weighted by atomic mass is 10.1. The molecule has 0 unspecified atom stereocenters. The van der Waals surface area contributed by atoms with Crippen molar-refractivity contribution >= 4 is 27.5 Å².